The fourth-order valence-corrected chi connectivity index (χ4v) is 3.45. The summed E-state index contributed by atoms with van der Waals surface area (Å²) in [4.78, 5) is 0. The highest BCUT2D eigenvalue weighted by Gasteiger charge is 2.24. The van der Waals surface area contributed by atoms with E-state index < -0.39 is 0 Å². The van der Waals surface area contributed by atoms with E-state index in [1.807, 2.05) is 42.5 Å². The Morgan fingerprint density at radius 3 is 2.24 bits per heavy atom. The molecule has 0 amide bonds. The van der Waals surface area contributed by atoms with Crippen LogP contribution in [0.3, 0.4) is 0 Å². The van der Waals surface area contributed by atoms with Gasteiger partial charge in [-0.1, -0.05) is 81.4 Å². The van der Waals surface area contributed by atoms with E-state index in [0.717, 1.165) is 28.3 Å². The second-order valence-electron chi connectivity index (χ2n) is 8.31. The van der Waals surface area contributed by atoms with Gasteiger partial charge < -0.3 is 14.8 Å². The van der Waals surface area contributed by atoms with Gasteiger partial charge in [-0.3, -0.25) is 0 Å². The highest BCUT2D eigenvalue weighted by Crippen LogP contribution is 2.39. The van der Waals surface area contributed by atoms with Gasteiger partial charge in [-0.2, -0.15) is 0 Å². The molecule has 0 spiro atoms. The molecule has 1 N–H and O–H groups in total. The SMILES string of the molecule is COc1ccccc1NC(C)c1cccc(C(C)(C)C)c1OCc1ccccc1. The lowest BCUT2D eigenvalue weighted by molar-refractivity contribution is 0.293. The van der Waals surface area contributed by atoms with Gasteiger partial charge in [-0.25, -0.2) is 0 Å². The Bertz CT molecular complexity index is 929. The van der Waals surface area contributed by atoms with Crippen molar-refractivity contribution < 1.29 is 9.47 Å². The molecule has 152 valence electrons. The molecule has 3 aromatic rings. The molecular formula is C26H31NO2. The van der Waals surface area contributed by atoms with E-state index in [4.69, 9.17) is 9.47 Å². The molecule has 0 aliphatic rings. The highest BCUT2D eigenvalue weighted by molar-refractivity contribution is 5.58. The van der Waals surface area contributed by atoms with Crippen LogP contribution in [0.4, 0.5) is 5.69 Å². The minimum Gasteiger partial charge on any atom is -0.495 e. The molecule has 3 aromatic carbocycles. The third kappa shape index (κ3) is 5.11. The van der Waals surface area contributed by atoms with Crippen LogP contribution in [0.5, 0.6) is 11.5 Å². The van der Waals surface area contributed by atoms with E-state index in [1.165, 1.54) is 5.56 Å². The average Bonchev–Trinajstić information content (AvgIpc) is 2.72. The van der Waals surface area contributed by atoms with Crippen molar-refractivity contribution in [2.45, 2.75) is 45.8 Å². The maximum Gasteiger partial charge on any atom is 0.141 e. The van der Waals surface area contributed by atoms with Crippen molar-refractivity contribution in [1.82, 2.24) is 0 Å². The first-order valence-corrected chi connectivity index (χ1v) is 10.1. The Hall–Kier alpha value is -2.94. The van der Waals surface area contributed by atoms with Crippen molar-refractivity contribution in [3.63, 3.8) is 0 Å². The fraction of sp³-hybridized carbons (Fsp3) is 0.308. The second kappa shape index (κ2) is 9.04. The Labute approximate surface area is 174 Å². The predicted octanol–water partition coefficient (Wildman–Crippen LogP) is 6.74. The van der Waals surface area contributed by atoms with Crippen LogP contribution in [-0.2, 0) is 12.0 Å². The second-order valence-corrected chi connectivity index (χ2v) is 8.31. The summed E-state index contributed by atoms with van der Waals surface area (Å²) in [5.41, 5.74) is 4.45. The quantitative estimate of drug-likeness (QED) is 0.485. The summed E-state index contributed by atoms with van der Waals surface area (Å²) >= 11 is 0. The van der Waals surface area contributed by atoms with Gasteiger partial charge in [0.05, 0.1) is 18.8 Å². The van der Waals surface area contributed by atoms with E-state index in [1.54, 1.807) is 7.11 Å². The lowest BCUT2D eigenvalue weighted by atomic mass is 9.84. The van der Waals surface area contributed by atoms with Gasteiger partial charge in [-0.05, 0) is 35.6 Å². The maximum absolute atomic E-state index is 6.43. The van der Waals surface area contributed by atoms with Gasteiger partial charge >= 0.3 is 0 Å². The summed E-state index contributed by atoms with van der Waals surface area (Å²) in [6.07, 6.45) is 0. The van der Waals surface area contributed by atoms with E-state index in [-0.39, 0.29) is 11.5 Å². The topological polar surface area (TPSA) is 30.5 Å². The lowest BCUT2D eigenvalue weighted by Gasteiger charge is -2.27. The minimum atomic E-state index is -0.0216. The first-order valence-electron chi connectivity index (χ1n) is 10.1. The Morgan fingerprint density at radius 1 is 0.862 bits per heavy atom. The predicted molar refractivity (Wildman–Crippen MR) is 121 cm³/mol. The molecule has 0 aliphatic heterocycles. The van der Waals surface area contributed by atoms with Crippen molar-refractivity contribution in [3.8, 4) is 11.5 Å². The Kier molecular flexibility index (Phi) is 6.48. The van der Waals surface area contributed by atoms with Crippen LogP contribution >= 0.6 is 0 Å². The molecule has 0 fully saturated rings. The molecule has 0 saturated carbocycles. The van der Waals surface area contributed by atoms with Crippen molar-refractivity contribution in [1.29, 1.82) is 0 Å². The van der Waals surface area contributed by atoms with Crippen LogP contribution in [-0.4, -0.2) is 7.11 Å². The molecule has 1 unspecified atom stereocenters. The summed E-state index contributed by atoms with van der Waals surface area (Å²) < 4.78 is 11.9. The summed E-state index contributed by atoms with van der Waals surface area (Å²) in [6.45, 7) is 9.37. The number of anilines is 1. The van der Waals surface area contributed by atoms with E-state index in [9.17, 15) is 0 Å². The first kappa shape index (κ1) is 20.8. The first-order chi connectivity index (χ1) is 13.9. The van der Waals surface area contributed by atoms with E-state index in [0.29, 0.717) is 6.61 Å². The average molecular weight is 390 g/mol. The van der Waals surface area contributed by atoms with Crippen LogP contribution in [0.1, 0.15) is 50.4 Å². The monoisotopic (exact) mass is 389 g/mol. The molecular weight excluding hydrogens is 358 g/mol. The van der Waals surface area contributed by atoms with E-state index >= 15 is 0 Å². The van der Waals surface area contributed by atoms with Gasteiger partial charge in [0.25, 0.3) is 0 Å². The zero-order valence-corrected chi connectivity index (χ0v) is 18.0. The van der Waals surface area contributed by atoms with Gasteiger partial charge in [-0.15, -0.1) is 0 Å². The van der Waals surface area contributed by atoms with Crippen LogP contribution in [0, 0.1) is 0 Å². The number of hydrogen-bond donors (Lipinski definition) is 1. The molecule has 0 radical (unpaired) electrons. The van der Waals surface area contributed by atoms with E-state index in [2.05, 4.69) is 63.3 Å². The number of rotatable bonds is 7. The lowest BCUT2D eigenvalue weighted by Crippen LogP contribution is -2.17. The largest absolute Gasteiger partial charge is 0.495 e. The Balaban J connectivity index is 1.94. The number of ether oxygens (including phenoxy) is 2. The molecule has 29 heavy (non-hydrogen) atoms. The van der Waals surface area contributed by atoms with Crippen LogP contribution < -0.4 is 14.8 Å². The molecule has 0 aliphatic carbocycles. The van der Waals surface area contributed by atoms with Crippen LogP contribution in [0.25, 0.3) is 0 Å². The van der Waals surface area contributed by atoms with Gasteiger partial charge in [0.15, 0.2) is 0 Å². The zero-order chi connectivity index (χ0) is 20.9. The van der Waals surface area contributed by atoms with Gasteiger partial charge in [0, 0.05) is 5.56 Å². The maximum atomic E-state index is 6.43. The highest BCUT2D eigenvalue weighted by atomic mass is 16.5. The molecule has 1 atom stereocenters. The molecule has 0 bridgehead atoms. The van der Waals surface area contributed by atoms with Crippen molar-refractivity contribution in [2.75, 3.05) is 12.4 Å². The number of para-hydroxylation sites is 3. The van der Waals surface area contributed by atoms with Crippen LogP contribution in [0.2, 0.25) is 0 Å². The summed E-state index contributed by atoms with van der Waals surface area (Å²) in [6, 6.07) is 24.8. The molecule has 0 saturated heterocycles. The molecule has 0 heterocycles. The summed E-state index contributed by atoms with van der Waals surface area (Å²) in [7, 11) is 1.69. The van der Waals surface area contributed by atoms with Crippen molar-refractivity contribution in [2.24, 2.45) is 0 Å². The fourth-order valence-electron chi connectivity index (χ4n) is 3.45. The third-order valence-electron chi connectivity index (χ3n) is 5.02. The molecule has 3 heteroatoms. The smallest absolute Gasteiger partial charge is 0.141 e. The standard InChI is InChI=1S/C26H31NO2/c1-19(27-23-16-9-10-17-24(23)28-5)21-14-11-15-22(26(2,3)4)25(21)29-18-20-12-7-6-8-13-20/h6-17,19,27H,18H2,1-5H3. The zero-order valence-electron chi connectivity index (χ0n) is 18.0. The number of methoxy groups -OCH3 is 1. The molecule has 3 nitrogen and oxygen atoms in total. The van der Waals surface area contributed by atoms with Gasteiger partial charge in [0.2, 0.25) is 0 Å². The normalized spacial score (nSPS) is 12.3. The van der Waals surface area contributed by atoms with Crippen LogP contribution in [0.15, 0.2) is 72.8 Å². The molecule has 0 aromatic heterocycles. The number of hydrogen-bond acceptors (Lipinski definition) is 3. The Morgan fingerprint density at radius 2 is 1.55 bits per heavy atom. The summed E-state index contributed by atoms with van der Waals surface area (Å²) in [5.74, 6) is 1.79. The number of nitrogens with one attached hydrogen (secondary N) is 1. The van der Waals surface area contributed by atoms with Gasteiger partial charge in [0.1, 0.15) is 18.1 Å². The van der Waals surface area contributed by atoms with Crippen molar-refractivity contribution >= 4 is 5.69 Å². The minimum absolute atomic E-state index is 0.0216. The summed E-state index contributed by atoms with van der Waals surface area (Å²) in [5, 5.41) is 3.59. The molecule has 3 rings (SSSR count). The van der Waals surface area contributed by atoms with Crippen molar-refractivity contribution in [3.05, 3.63) is 89.5 Å². The third-order valence-corrected chi connectivity index (χ3v) is 5.02. The number of benzene rings is 3.